The Morgan fingerprint density at radius 1 is 0.818 bits per heavy atom. The highest BCUT2D eigenvalue weighted by atomic mass is 16.2. The van der Waals surface area contributed by atoms with Crippen molar-refractivity contribution in [3.63, 3.8) is 0 Å². The van der Waals surface area contributed by atoms with Gasteiger partial charge in [0.05, 0.1) is 11.1 Å². The molecule has 2 amide bonds. The van der Waals surface area contributed by atoms with Crippen molar-refractivity contribution in [1.29, 1.82) is 0 Å². The largest absolute Gasteiger partial charge is 0.320 e. The first-order valence-corrected chi connectivity index (χ1v) is 8.11. The zero-order chi connectivity index (χ0) is 15.8. The van der Waals surface area contributed by atoms with E-state index < -0.39 is 0 Å². The predicted octanol–water partition coefficient (Wildman–Crippen LogP) is 2.35. The number of hydrogen-bond donors (Lipinski definition) is 2. The van der Waals surface area contributed by atoms with Crippen molar-refractivity contribution in [2.75, 3.05) is 20.1 Å². The van der Waals surface area contributed by atoms with E-state index in [4.69, 9.17) is 0 Å². The highest BCUT2D eigenvalue weighted by molar-refractivity contribution is 6.20. The molecule has 0 radical (unpaired) electrons. The second-order valence-corrected chi connectivity index (χ2v) is 5.62. The van der Waals surface area contributed by atoms with Crippen LogP contribution in [0.25, 0.3) is 0 Å². The normalized spacial score (nSPS) is 13.8. The minimum absolute atomic E-state index is 0.243. The molecule has 2 N–H and O–H groups in total. The van der Waals surface area contributed by atoms with Crippen molar-refractivity contribution in [1.82, 2.24) is 15.8 Å². The monoisotopic (exact) mass is 303 g/mol. The summed E-state index contributed by atoms with van der Waals surface area (Å²) in [6, 6.07) is 6.95. The first kappa shape index (κ1) is 16.6. The van der Waals surface area contributed by atoms with E-state index >= 15 is 0 Å². The van der Waals surface area contributed by atoms with Crippen LogP contribution in [-0.4, -0.2) is 37.0 Å². The molecule has 1 aliphatic rings. The summed E-state index contributed by atoms with van der Waals surface area (Å²) in [6.45, 7) is 1.74. The number of hydrogen-bond acceptors (Lipinski definition) is 4. The summed E-state index contributed by atoms with van der Waals surface area (Å²) in [6.07, 6.45) is 7.02. The van der Waals surface area contributed by atoms with Gasteiger partial charge in [-0.05, 0) is 38.6 Å². The van der Waals surface area contributed by atoms with E-state index in [1.165, 1.54) is 25.7 Å². The fourth-order valence-electron chi connectivity index (χ4n) is 2.66. The maximum Gasteiger partial charge on any atom is 0.276 e. The number of benzene rings is 1. The molecular weight excluding hydrogens is 278 g/mol. The number of fused-ring (bicyclic) bond motifs is 1. The Morgan fingerprint density at radius 2 is 1.32 bits per heavy atom. The molecule has 1 heterocycles. The number of carbonyl (C=O) groups excluding carboxylic acids is 2. The molecule has 1 aromatic carbocycles. The Kier molecular flexibility index (Phi) is 6.55. The van der Waals surface area contributed by atoms with Crippen molar-refractivity contribution in [3.05, 3.63) is 35.4 Å². The predicted molar refractivity (Wildman–Crippen MR) is 86.6 cm³/mol. The first-order valence-electron chi connectivity index (χ1n) is 8.11. The Balaban J connectivity index is 1.63. The van der Waals surface area contributed by atoms with E-state index in [1.54, 1.807) is 24.3 Å². The summed E-state index contributed by atoms with van der Waals surface area (Å²) in [5.41, 5.74) is 3.94. The van der Waals surface area contributed by atoms with Gasteiger partial charge in [-0.2, -0.15) is 0 Å². The van der Waals surface area contributed by atoms with Crippen molar-refractivity contribution >= 4 is 11.8 Å². The van der Waals surface area contributed by atoms with Crippen LogP contribution in [0, 0.1) is 0 Å². The highest BCUT2D eigenvalue weighted by Crippen LogP contribution is 2.20. The molecule has 2 rings (SSSR count). The third kappa shape index (κ3) is 4.15. The summed E-state index contributed by atoms with van der Waals surface area (Å²) in [5.74, 6) is -0.486. The number of carbonyl (C=O) groups is 2. The minimum Gasteiger partial charge on any atom is -0.320 e. The molecule has 1 aliphatic heterocycles. The number of nitrogens with one attached hydrogen (secondary N) is 2. The average Bonchev–Trinajstić information content (AvgIpc) is 2.78. The van der Waals surface area contributed by atoms with E-state index in [0.717, 1.165) is 24.4 Å². The molecule has 22 heavy (non-hydrogen) atoms. The van der Waals surface area contributed by atoms with Crippen LogP contribution in [0.2, 0.25) is 0 Å². The lowest BCUT2D eigenvalue weighted by molar-refractivity contribution is 0.0566. The fraction of sp³-hybridized carbons (Fsp3) is 0.529. The van der Waals surface area contributed by atoms with Crippen LogP contribution < -0.4 is 10.7 Å². The van der Waals surface area contributed by atoms with Crippen LogP contribution in [0.4, 0.5) is 0 Å². The maximum atomic E-state index is 12.1. The van der Waals surface area contributed by atoms with Gasteiger partial charge in [0, 0.05) is 6.54 Å². The van der Waals surface area contributed by atoms with Crippen LogP contribution in [0.15, 0.2) is 24.3 Å². The van der Waals surface area contributed by atoms with Gasteiger partial charge >= 0.3 is 0 Å². The lowest BCUT2D eigenvalue weighted by Gasteiger charge is -2.14. The Bertz CT molecular complexity index is 481. The summed E-state index contributed by atoms with van der Waals surface area (Å²) in [5, 5.41) is 4.30. The lowest BCUT2D eigenvalue weighted by atomic mass is 10.1. The smallest absolute Gasteiger partial charge is 0.276 e. The van der Waals surface area contributed by atoms with Crippen LogP contribution in [0.1, 0.15) is 59.2 Å². The molecule has 0 unspecified atom stereocenters. The van der Waals surface area contributed by atoms with Gasteiger partial charge in [-0.15, -0.1) is 0 Å². The number of unbranched alkanes of at least 4 members (excludes halogenated alkanes) is 5. The highest BCUT2D eigenvalue weighted by Gasteiger charge is 2.34. The maximum absolute atomic E-state index is 12.1. The summed E-state index contributed by atoms with van der Waals surface area (Å²) in [7, 11) is 1.98. The van der Waals surface area contributed by atoms with Gasteiger partial charge < -0.3 is 5.32 Å². The molecule has 0 fully saturated rings. The van der Waals surface area contributed by atoms with Crippen LogP contribution in [-0.2, 0) is 0 Å². The van der Waals surface area contributed by atoms with E-state index in [2.05, 4.69) is 10.7 Å². The molecule has 5 nitrogen and oxygen atoms in total. The zero-order valence-corrected chi connectivity index (χ0v) is 13.2. The SMILES string of the molecule is CNCCCCCCCCNN1C(=O)c2ccccc2C1=O. The van der Waals surface area contributed by atoms with E-state index in [1.807, 2.05) is 7.05 Å². The zero-order valence-electron chi connectivity index (χ0n) is 13.2. The Labute approximate surface area is 132 Å². The van der Waals surface area contributed by atoms with Gasteiger partial charge in [-0.1, -0.05) is 37.8 Å². The standard InChI is InChI=1S/C17H25N3O2/c1-18-12-8-4-2-3-5-9-13-19-20-16(21)14-10-6-7-11-15(14)17(20)22/h6-7,10-11,18-19H,2-5,8-9,12-13H2,1H3. The molecular formula is C17H25N3O2. The molecule has 0 atom stereocenters. The van der Waals surface area contributed by atoms with Gasteiger partial charge in [0.15, 0.2) is 0 Å². The summed E-state index contributed by atoms with van der Waals surface area (Å²) in [4.78, 5) is 24.2. The Hall–Kier alpha value is -1.72. The van der Waals surface area contributed by atoms with Gasteiger partial charge in [0.25, 0.3) is 11.8 Å². The van der Waals surface area contributed by atoms with Gasteiger partial charge in [0.2, 0.25) is 0 Å². The average molecular weight is 303 g/mol. The molecule has 0 aliphatic carbocycles. The van der Waals surface area contributed by atoms with Crippen molar-refractivity contribution < 1.29 is 9.59 Å². The lowest BCUT2D eigenvalue weighted by Crippen LogP contribution is -2.42. The number of imide groups is 1. The second kappa shape index (κ2) is 8.66. The fourth-order valence-corrected chi connectivity index (χ4v) is 2.66. The van der Waals surface area contributed by atoms with Crippen LogP contribution >= 0.6 is 0 Å². The number of nitrogens with zero attached hydrogens (tertiary/aromatic N) is 1. The number of amides is 2. The molecule has 1 aromatic rings. The number of rotatable bonds is 10. The molecule has 0 spiro atoms. The molecule has 5 heteroatoms. The Morgan fingerprint density at radius 3 is 1.86 bits per heavy atom. The van der Waals surface area contributed by atoms with Gasteiger partial charge in [-0.25, -0.2) is 10.4 Å². The summed E-state index contributed by atoms with van der Waals surface area (Å²) >= 11 is 0. The molecule has 120 valence electrons. The van der Waals surface area contributed by atoms with Gasteiger partial charge in [0.1, 0.15) is 0 Å². The third-order valence-electron chi connectivity index (χ3n) is 3.92. The summed E-state index contributed by atoms with van der Waals surface area (Å²) < 4.78 is 0. The minimum atomic E-state index is -0.243. The third-order valence-corrected chi connectivity index (χ3v) is 3.92. The van der Waals surface area contributed by atoms with Gasteiger partial charge in [-0.3, -0.25) is 9.59 Å². The molecule has 0 saturated heterocycles. The molecule has 0 aromatic heterocycles. The number of hydrazine groups is 1. The molecule has 0 bridgehead atoms. The topological polar surface area (TPSA) is 61.4 Å². The van der Waals surface area contributed by atoms with E-state index in [9.17, 15) is 9.59 Å². The second-order valence-electron chi connectivity index (χ2n) is 5.62. The molecule has 0 saturated carbocycles. The van der Waals surface area contributed by atoms with Crippen molar-refractivity contribution in [2.45, 2.75) is 38.5 Å². The van der Waals surface area contributed by atoms with Crippen LogP contribution in [0.5, 0.6) is 0 Å². The van der Waals surface area contributed by atoms with Crippen LogP contribution in [0.3, 0.4) is 0 Å². The quantitative estimate of drug-likeness (QED) is 0.514. The van der Waals surface area contributed by atoms with Crippen molar-refractivity contribution in [3.8, 4) is 0 Å². The van der Waals surface area contributed by atoms with Crippen molar-refractivity contribution in [2.24, 2.45) is 0 Å². The van der Waals surface area contributed by atoms with E-state index in [-0.39, 0.29) is 11.8 Å². The van der Waals surface area contributed by atoms with E-state index in [0.29, 0.717) is 17.7 Å². The first-order chi connectivity index (χ1) is 10.8.